The first-order valence-electron chi connectivity index (χ1n) is 4.29. The van der Waals surface area contributed by atoms with Gasteiger partial charge in [0.05, 0.1) is 0 Å². The summed E-state index contributed by atoms with van der Waals surface area (Å²) in [6.45, 7) is 0. The van der Waals surface area contributed by atoms with Crippen molar-refractivity contribution in [1.82, 2.24) is 0 Å². The van der Waals surface area contributed by atoms with Crippen LogP contribution in [0.25, 0.3) is 0 Å². The van der Waals surface area contributed by atoms with Crippen LogP contribution in [-0.4, -0.2) is 34.4 Å². The highest BCUT2D eigenvalue weighted by molar-refractivity contribution is 5.73. The Morgan fingerprint density at radius 2 is 1.86 bits per heavy atom. The molecule has 0 fully saturated rings. The van der Waals surface area contributed by atoms with Crippen molar-refractivity contribution in [1.29, 1.82) is 0 Å². The Hall–Kier alpha value is -1.17. The molecular formula is C8H14FNO4. The van der Waals surface area contributed by atoms with Crippen molar-refractivity contribution in [3.63, 3.8) is 0 Å². The Balaban J connectivity index is 3.58. The number of alkyl halides is 1. The summed E-state index contributed by atoms with van der Waals surface area (Å²) in [5.41, 5.74) is 5.01. The van der Waals surface area contributed by atoms with Crippen molar-refractivity contribution in [2.45, 2.75) is 37.9 Å². The molecule has 0 amide bonds. The molecular weight excluding hydrogens is 192 g/mol. The molecule has 4 N–H and O–H groups in total. The van der Waals surface area contributed by atoms with Gasteiger partial charge in [-0.25, -0.2) is 4.39 Å². The number of carbonyl (C=O) groups is 2. The number of carboxylic acid groups (broad SMARTS) is 2. The van der Waals surface area contributed by atoms with Crippen molar-refractivity contribution in [2.75, 3.05) is 0 Å². The van der Waals surface area contributed by atoms with Crippen LogP contribution in [0.2, 0.25) is 0 Å². The van der Waals surface area contributed by atoms with Crippen molar-refractivity contribution in [3.05, 3.63) is 0 Å². The zero-order chi connectivity index (χ0) is 11.1. The molecule has 0 radical (unpaired) electrons. The lowest BCUT2D eigenvalue weighted by atomic mass is 10.1. The van der Waals surface area contributed by atoms with Crippen LogP contribution in [0.1, 0.15) is 25.7 Å². The predicted octanol–water partition coefficient (Wildman–Crippen LogP) is 0.381. The highest BCUT2D eigenvalue weighted by Gasteiger charge is 2.22. The Bertz CT molecular complexity index is 210. The number of rotatable bonds is 7. The predicted molar refractivity (Wildman–Crippen MR) is 46.6 cm³/mol. The summed E-state index contributed by atoms with van der Waals surface area (Å²) in [5.74, 6) is -2.32. The molecule has 0 aliphatic carbocycles. The largest absolute Gasteiger partial charge is 0.481 e. The Morgan fingerprint density at radius 1 is 1.29 bits per heavy atom. The van der Waals surface area contributed by atoms with E-state index in [1.165, 1.54) is 0 Å². The van der Waals surface area contributed by atoms with Crippen LogP contribution >= 0.6 is 0 Å². The monoisotopic (exact) mass is 206 g/mol. The first kappa shape index (κ1) is 12.8. The van der Waals surface area contributed by atoms with E-state index in [4.69, 9.17) is 15.9 Å². The second kappa shape index (κ2) is 6.31. The highest BCUT2D eigenvalue weighted by atomic mass is 18.2. The maximum Gasteiger partial charge on any atom is 0.323 e. The van der Waals surface area contributed by atoms with Crippen molar-refractivity contribution < 1.29 is 24.2 Å². The molecule has 0 saturated carbocycles. The van der Waals surface area contributed by atoms with E-state index in [1.807, 2.05) is 0 Å². The summed E-state index contributed by atoms with van der Waals surface area (Å²) in [5, 5.41) is 16.6. The lowest BCUT2D eigenvalue weighted by Gasteiger charge is -2.11. The number of aliphatic carboxylic acids is 2. The molecule has 14 heavy (non-hydrogen) atoms. The molecule has 0 spiro atoms. The minimum atomic E-state index is -1.61. The van der Waals surface area contributed by atoms with E-state index in [0.29, 0.717) is 12.8 Å². The fourth-order valence-electron chi connectivity index (χ4n) is 0.950. The Morgan fingerprint density at radius 3 is 2.29 bits per heavy atom. The maximum absolute atomic E-state index is 12.9. The average molecular weight is 206 g/mol. The smallest absolute Gasteiger partial charge is 0.323 e. The number of hydrogen-bond acceptors (Lipinski definition) is 3. The Labute approximate surface area is 80.7 Å². The summed E-state index contributed by atoms with van der Waals surface area (Å²) < 4.78 is 12.9. The maximum atomic E-state index is 12.9. The van der Waals surface area contributed by atoms with Crippen molar-refractivity contribution in [3.8, 4) is 0 Å². The van der Waals surface area contributed by atoms with Crippen LogP contribution < -0.4 is 5.73 Å². The Kier molecular flexibility index (Phi) is 5.78. The van der Waals surface area contributed by atoms with Crippen molar-refractivity contribution in [2.24, 2.45) is 5.73 Å². The van der Waals surface area contributed by atoms with E-state index in [2.05, 4.69) is 0 Å². The molecule has 82 valence electrons. The molecule has 0 aromatic rings. The van der Waals surface area contributed by atoms with Gasteiger partial charge in [-0.15, -0.1) is 0 Å². The van der Waals surface area contributed by atoms with E-state index < -0.39 is 24.2 Å². The minimum absolute atomic E-state index is 0.0131. The van der Waals surface area contributed by atoms with Gasteiger partial charge in [0.2, 0.25) is 0 Å². The van der Waals surface area contributed by atoms with Gasteiger partial charge < -0.3 is 15.9 Å². The van der Waals surface area contributed by atoms with Crippen LogP contribution in [-0.2, 0) is 9.59 Å². The fraction of sp³-hybridized carbons (Fsp3) is 0.750. The topological polar surface area (TPSA) is 101 Å². The van der Waals surface area contributed by atoms with Crippen molar-refractivity contribution >= 4 is 11.9 Å². The molecule has 0 aliphatic rings. The molecule has 0 rings (SSSR count). The van der Waals surface area contributed by atoms with E-state index in [9.17, 15) is 14.0 Å². The lowest BCUT2D eigenvalue weighted by Crippen LogP contribution is -2.39. The molecule has 0 bridgehead atoms. The van der Waals surface area contributed by atoms with Crippen LogP contribution in [0.3, 0.4) is 0 Å². The summed E-state index contributed by atoms with van der Waals surface area (Å²) in [7, 11) is 0. The van der Waals surface area contributed by atoms with Gasteiger partial charge in [-0.05, 0) is 19.3 Å². The lowest BCUT2D eigenvalue weighted by molar-refractivity contribution is -0.140. The molecule has 0 aromatic heterocycles. The van der Waals surface area contributed by atoms with Gasteiger partial charge in [-0.2, -0.15) is 0 Å². The number of unbranched alkanes of at least 4 members (excludes halogenated alkanes) is 1. The quantitative estimate of drug-likeness (QED) is 0.523. The van der Waals surface area contributed by atoms with Crippen LogP contribution in [0.15, 0.2) is 0 Å². The molecule has 0 heterocycles. The zero-order valence-corrected chi connectivity index (χ0v) is 7.65. The minimum Gasteiger partial charge on any atom is -0.481 e. The number of hydrogen-bond donors (Lipinski definition) is 3. The van der Waals surface area contributed by atoms with E-state index in [-0.39, 0.29) is 12.8 Å². The van der Waals surface area contributed by atoms with Crippen LogP contribution in [0, 0.1) is 0 Å². The molecule has 6 heteroatoms. The van der Waals surface area contributed by atoms with Gasteiger partial charge in [0.15, 0.2) is 0 Å². The first-order chi connectivity index (χ1) is 6.45. The van der Waals surface area contributed by atoms with Gasteiger partial charge in [0.25, 0.3) is 0 Å². The molecule has 0 saturated heterocycles. The SMILES string of the molecule is NC(C(=O)O)C([18F])CCCCC(=O)O. The molecule has 0 aliphatic heterocycles. The van der Waals surface area contributed by atoms with Gasteiger partial charge in [-0.1, -0.05) is 0 Å². The van der Waals surface area contributed by atoms with Gasteiger partial charge in [0, 0.05) is 6.42 Å². The number of carboxylic acids is 2. The second-order valence-corrected chi connectivity index (χ2v) is 3.02. The third-order valence-corrected chi connectivity index (χ3v) is 1.80. The van der Waals surface area contributed by atoms with E-state index in [1.54, 1.807) is 0 Å². The summed E-state index contributed by atoms with van der Waals surface area (Å²) in [6, 6.07) is -1.51. The first-order valence-corrected chi connectivity index (χ1v) is 4.29. The summed E-state index contributed by atoms with van der Waals surface area (Å²) in [4.78, 5) is 20.3. The fourth-order valence-corrected chi connectivity index (χ4v) is 0.950. The third-order valence-electron chi connectivity index (χ3n) is 1.80. The van der Waals surface area contributed by atoms with Crippen LogP contribution in [0.5, 0.6) is 0 Å². The molecule has 2 unspecified atom stereocenters. The molecule has 0 aromatic carbocycles. The van der Waals surface area contributed by atoms with Crippen LogP contribution in [0.4, 0.5) is 4.39 Å². The number of halogens is 1. The van der Waals surface area contributed by atoms with Gasteiger partial charge in [0.1, 0.15) is 12.2 Å². The average Bonchev–Trinajstić information content (AvgIpc) is 2.10. The summed E-state index contributed by atoms with van der Waals surface area (Å²) >= 11 is 0. The molecule has 2 atom stereocenters. The number of nitrogens with two attached hydrogens (primary N) is 1. The van der Waals surface area contributed by atoms with E-state index >= 15 is 0 Å². The van der Waals surface area contributed by atoms with Gasteiger partial charge in [-0.3, -0.25) is 9.59 Å². The normalized spacial score (nSPS) is 14.7. The second-order valence-electron chi connectivity index (χ2n) is 3.02. The zero-order valence-electron chi connectivity index (χ0n) is 7.65. The standard InChI is InChI=1S/C8H14FNO4/c9-5(7(10)8(13)14)3-1-2-4-6(11)12/h5,7H,1-4,10H2,(H,11,12)(H,13,14)/i9-1. The van der Waals surface area contributed by atoms with E-state index in [0.717, 1.165) is 0 Å². The highest BCUT2D eigenvalue weighted by Crippen LogP contribution is 2.09. The molecule has 5 nitrogen and oxygen atoms in total. The summed E-state index contributed by atoms with van der Waals surface area (Å²) in [6.07, 6.45) is -0.993. The third kappa shape index (κ3) is 5.47. The van der Waals surface area contributed by atoms with Gasteiger partial charge >= 0.3 is 11.9 Å².